The zero-order valence-electron chi connectivity index (χ0n) is 10.1. The molecule has 7 heteroatoms. The van der Waals surface area contributed by atoms with Gasteiger partial charge in [0.25, 0.3) is 5.91 Å². The second kappa shape index (κ2) is 4.45. The molecule has 0 aliphatic heterocycles. The number of fused-ring (bicyclic) bond motifs is 1. The predicted octanol–water partition coefficient (Wildman–Crippen LogP) is 1.08. The van der Waals surface area contributed by atoms with Gasteiger partial charge in [-0.2, -0.15) is 4.98 Å². The standard InChI is InChI=1S/C12H10N6O/c1-8-2-3-10-15-12(17-18(10)7-8)16-11(19)9-6-13-4-5-14-9/h2-7H,1H3,(H,16,17,19). The van der Waals surface area contributed by atoms with Crippen LogP contribution in [0.5, 0.6) is 0 Å². The number of pyridine rings is 1. The normalized spacial score (nSPS) is 10.6. The molecule has 0 bridgehead atoms. The summed E-state index contributed by atoms with van der Waals surface area (Å²) in [4.78, 5) is 23.8. The Balaban J connectivity index is 1.87. The van der Waals surface area contributed by atoms with Crippen LogP contribution in [0.2, 0.25) is 0 Å². The smallest absolute Gasteiger partial charge is 0.278 e. The zero-order valence-corrected chi connectivity index (χ0v) is 10.1. The molecule has 0 saturated heterocycles. The number of carbonyl (C=O) groups is 1. The highest BCUT2D eigenvalue weighted by atomic mass is 16.2. The topological polar surface area (TPSA) is 85.1 Å². The molecule has 0 aromatic carbocycles. The van der Waals surface area contributed by atoms with Crippen LogP contribution in [0, 0.1) is 6.92 Å². The van der Waals surface area contributed by atoms with E-state index < -0.39 is 0 Å². The molecule has 0 fully saturated rings. The largest absolute Gasteiger partial charge is 0.288 e. The van der Waals surface area contributed by atoms with Gasteiger partial charge in [-0.05, 0) is 18.6 Å². The van der Waals surface area contributed by atoms with Gasteiger partial charge >= 0.3 is 0 Å². The molecular weight excluding hydrogens is 244 g/mol. The summed E-state index contributed by atoms with van der Waals surface area (Å²) in [5, 5.41) is 6.75. The van der Waals surface area contributed by atoms with Gasteiger partial charge < -0.3 is 0 Å². The molecule has 0 unspecified atom stereocenters. The summed E-state index contributed by atoms with van der Waals surface area (Å²) < 4.78 is 1.61. The summed E-state index contributed by atoms with van der Waals surface area (Å²) in [7, 11) is 0. The van der Waals surface area contributed by atoms with E-state index in [1.807, 2.05) is 25.3 Å². The van der Waals surface area contributed by atoms with Gasteiger partial charge in [0.05, 0.1) is 6.20 Å². The summed E-state index contributed by atoms with van der Waals surface area (Å²) in [5.41, 5.74) is 1.95. The third-order valence-corrected chi connectivity index (χ3v) is 2.50. The monoisotopic (exact) mass is 254 g/mol. The van der Waals surface area contributed by atoms with E-state index in [2.05, 4.69) is 25.4 Å². The van der Waals surface area contributed by atoms with E-state index in [-0.39, 0.29) is 17.5 Å². The van der Waals surface area contributed by atoms with Crippen molar-refractivity contribution in [2.24, 2.45) is 0 Å². The van der Waals surface area contributed by atoms with E-state index in [1.165, 1.54) is 18.6 Å². The molecule has 3 rings (SSSR count). The molecule has 3 aromatic rings. The third-order valence-electron chi connectivity index (χ3n) is 2.50. The number of aromatic nitrogens is 5. The van der Waals surface area contributed by atoms with E-state index in [9.17, 15) is 4.79 Å². The molecule has 0 saturated carbocycles. The van der Waals surface area contributed by atoms with Gasteiger partial charge in [0.1, 0.15) is 5.69 Å². The Morgan fingerprint density at radius 3 is 3.00 bits per heavy atom. The Morgan fingerprint density at radius 1 is 1.32 bits per heavy atom. The molecule has 1 N–H and O–H groups in total. The number of anilines is 1. The van der Waals surface area contributed by atoms with Crippen molar-refractivity contribution in [3.63, 3.8) is 0 Å². The van der Waals surface area contributed by atoms with Crippen LogP contribution in [-0.4, -0.2) is 30.5 Å². The van der Waals surface area contributed by atoms with Crippen molar-refractivity contribution in [2.45, 2.75) is 6.92 Å². The molecule has 3 heterocycles. The third kappa shape index (κ3) is 2.25. The minimum absolute atomic E-state index is 0.220. The lowest BCUT2D eigenvalue weighted by atomic mass is 10.3. The van der Waals surface area contributed by atoms with Crippen LogP contribution in [0.25, 0.3) is 5.65 Å². The fraction of sp³-hybridized carbons (Fsp3) is 0.0833. The number of rotatable bonds is 2. The predicted molar refractivity (Wildman–Crippen MR) is 67.7 cm³/mol. The minimum atomic E-state index is -0.388. The number of nitrogens with zero attached hydrogens (tertiary/aromatic N) is 5. The molecule has 0 atom stereocenters. The number of hydrogen-bond donors (Lipinski definition) is 1. The first-order valence-corrected chi connectivity index (χ1v) is 5.63. The average Bonchev–Trinajstić information content (AvgIpc) is 2.81. The lowest BCUT2D eigenvalue weighted by Crippen LogP contribution is -2.14. The van der Waals surface area contributed by atoms with E-state index in [1.54, 1.807) is 4.52 Å². The fourth-order valence-corrected chi connectivity index (χ4v) is 1.62. The summed E-state index contributed by atoms with van der Waals surface area (Å²) in [6.45, 7) is 1.96. The average molecular weight is 254 g/mol. The molecule has 19 heavy (non-hydrogen) atoms. The maximum Gasteiger partial charge on any atom is 0.278 e. The van der Waals surface area contributed by atoms with Crippen LogP contribution in [0.1, 0.15) is 16.1 Å². The molecule has 0 aliphatic carbocycles. The van der Waals surface area contributed by atoms with Crippen LogP contribution in [0.15, 0.2) is 36.9 Å². The molecule has 0 spiro atoms. The fourth-order valence-electron chi connectivity index (χ4n) is 1.62. The summed E-state index contributed by atoms with van der Waals surface area (Å²) in [6.07, 6.45) is 6.17. The SMILES string of the molecule is Cc1ccc2nc(NC(=O)c3cnccn3)nn2c1. The Morgan fingerprint density at radius 2 is 2.21 bits per heavy atom. The maximum absolute atomic E-state index is 11.9. The van der Waals surface area contributed by atoms with Gasteiger partial charge in [0.15, 0.2) is 5.65 Å². The highest BCUT2D eigenvalue weighted by molar-refractivity contribution is 6.01. The van der Waals surface area contributed by atoms with Gasteiger partial charge in [0, 0.05) is 18.6 Å². The summed E-state index contributed by atoms with van der Waals surface area (Å²) in [6, 6.07) is 3.76. The summed E-state index contributed by atoms with van der Waals surface area (Å²) >= 11 is 0. The van der Waals surface area contributed by atoms with E-state index in [4.69, 9.17) is 0 Å². The van der Waals surface area contributed by atoms with Crippen LogP contribution >= 0.6 is 0 Å². The van der Waals surface area contributed by atoms with Crippen molar-refractivity contribution in [3.8, 4) is 0 Å². The molecular formula is C12H10N6O. The lowest BCUT2D eigenvalue weighted by molar-refractivity contribution is 0.102. The molecule has 94 valence electrons. The van der Waals surface area contributed by atoms with Crippen LogP contribution in [-0.2, 0) is 0 Å². The van der Waals surface area contributed by atoms with E-state index in [0.717, 1.165) is 5.56 Å². The Kier molecular flexibility index (Phi) is 2.64. The van der Waals surface area contributed by atoms with Crippen molar-refractivity contribution in [1.29, 1.82) is 0 Å². The molecule has 1 amide bonds. The highest BCUT2D eigenvalue weighted by Gasteiger charge is 2.11. The van der Waals surface area contributed by atoms with Gasteiger partial charge in [-0.15, -0.1) is 5.10 Å². The van der Waals surface area contributed by atoms with Crippen molar-refractivity contribution in [3.05, 3.63) is 48.2 Å². The number of nitrogens with one attached hydrogen (secondary N) is 1. The lowest BCUT2D eigenvalue weighted by Gasteiger charge is -1.97. The minimum Gasteiger partial charge on any atom is -0.288 e. The Labute approximate surface area is 108 Å². The Bertz CT molecular complexity index is 736. The van der Waals surface area contributed by atoms with Crippen molar-refractivity contribution in [2.75, 3.05) is 5.32 Å². The molecule has 0 aliphatic rings. The second-order valence-corrected chi connectivity index (χ2v) is 3.99. The second-order valence-electron chi connectivity index (χ2n) is 3.99. The van der Waals surface area contributed by atoms with Gasteiger partial charge in [-0.3, -0.25) is 15.1 Å². The van der Waals surface area contributed by atoms with Crippen molar-refractivity contribution in [1.82, 2.24) is 24.6 Å². The Hall–Kier alpha value is -2.83. The maximum atomic E-state index is 11.9. The first-order valence-electron chi connectivity index (χ1n) is 5.63. The number of aryl methyl sites for hydroxylation is 1. The first-order chi connectivity index (χ1) is 9.22. The molecule has 7 nitrogen and oxygen atoms in total. The van der Waals surface area contributed by atoms with E-state index in [0.29, 0.717) is 5.65 Å². The van der Waals surface area contributed by atoms with Gasteiger partial charge in [-0.1, -0.05) is 6.07 Å². The number of amides is 1. The number of carbonyl (C=O) groups excluding carboxylic acids is 1. The first kappa shape index (κ1) is 11.3. The summed E-state index contributed by atoms with van der Waals surface area (Å²) in [5.74, 6) is -0.151. The van der Waals surface area contributed by atoms with Crippen LogP contribution in [0.4, 0.5) is 5.95 Å². The highest BCUT2D eigenvalue weighted by Crippen LogP contribution is 2.07. The van der Waals surface area contributed by atoms with Crippen LogP contribution in [0.3, 0.4) is 0 Å². The van der Waals surface area contributed by atoms with Gasteiger partial charge in [0.2, 0.25) is 5.95 Å². The quantitative estimate of drug-likeness (QED) is 0.739. The molecule has 0 radical (unpaired) electrons. The number of hydrogen-bond acceptors (Lipinski definition) is 5. The van der Waals surface area contributed by atoms with Crippen molar-refractivity contribution >= 4 is 17.5 Å². The van der Waals surface area contributed by atoms with Gasteiger partial charge in [-0.25, -0.2) is 9.50 Å². The zero-order chi connectivity index (χ0) is 13.2. The van der Waals surface area contributed by atoms with Crippen molar-refractivity contribution < 1.29 is 4.79 Å². The van der Waals surface area contributed by atoms with Crippen LogP contribution < -0.4 is 5.32 Å². The molecule has 3 aromatic heterocycles. The van der Waals surface area contributed by atoms with E-state index >= 15 is 0 Å².